The Morgan fingerprint density at radius 3 is 1.28 bits per heavy atom. The van der Waals surface area contributed by atoms with E-state index in [4.69, 9.17) is 9.98 Å². The van der Waals surface area contributed by atoms with Gasteiger partial charge in [-0.1, -0.05) is 25.0 Å². The molecule has 2 heterocycles. The van der Waals surface area contributed by atoms with Crippen LogP contribution in [-0.4, -0.2) is 34.5 Å². The Labute approximate surface area is 243 Å². The summed E-state index contributed by atoms with van der Waals surface area (Å²) in [5.41, 5.74) is 1.81. The molecule has 8 heteroatoms. The van der Waals surface area contributed by atoms with E-state index in [-0.39, 0.29) is 56.6 Å². The van der Waals surface area contributed by atoms with Crippen molar-refractivity contribution in [1.29, 1.82) is 0 Å². The molecule has 1 aliphatic carbocycles. The number of nitrogens with zero attached hydrogens (tertiary/aromatic N) is 4. The molecule has 4 nitrogen and oxygen atoms in total. The van der Waals surface area contributed by atoms with Crippen LogP contribution in [0.25, 0.3) is 0 Å². The van der Waals surface area contributed by atoms with Gasteiger partial charge in [-0.3, -0.25) is 20.0 Å². The SMILES string of the molecule is C(=NC1CCCCC1N=Cc1ccccn1)c1ccccn1.[CH3-].[CH3-].[CH3-].[CH3-].[CH3-].[CH3-].[I][Pt].[I][Pt]. The predicted octanol–water partition coefficient (Wildman–Crippen LogP) is 7.79. The molecule has 0 bridgehead atoms. The first kappa shape index (κ1) is 45.9. The molecule has 0 spiro atoms. The van der Waals surface area contributed by atoms with E-state index in [0.29, 0.717) is 0 Å². The fraction of sp³-hybridized carbons (Fsp3) is 0.250. The minimum absolute atomic E-state index is 0. The Balaban J connectivity index is -0.000000160. The van der Waals surface area contributed by atoms with Gasteiger partial charge in [0.15, 0.2) is 0 Å². The predicted molar refractivity (Wildman–Crippen MR) is 156 cm³/mol. The van der Waals surface area contributed by atoms with Gasteiger partial charge in [-0.05, 0) is 37.1 Å². The Morgan fingerprint density at radius 2 is 1.00 bits per heavy atom. The first-order valence-electron chi connectivity index (χ1n) is 8.04. The van der Waals surface area contributed by atoms with Crippen molar-refractivity contribution >= 4 is 51.1 Å². The van der Waals surface area contributed by atoms with Gasteiger partial charge in [0.1, 0.15) is 0 Å². The second-order valence-corrected chi connectivity index (χ2v) is 5.48. The third kappa shape index (κ3) is 18.9. The van der Waals surface area contributed by atoms with Gasteiger partial charge in [0.25, 0.3) is 0 Å². The molecule has 1 aliphatic rings. The van der Waals surface area contributed by atoms with Gasteiger partial charge in [0, 0.05) is 24.8 Å². The fourth-order valence-corrected chi connectivity index (χ4v) is 2.69. The molecule has 2 aromatic rings. The van der Waals surface area contributed by atoms with Gasteiger partial charge in [-0.25, -0.2) is 0 Å². The molecule has 0 N–H and O–H groups in total. The molecule has 0 aromatic carbocycles. The summed E-state index contributed by atoms with van der Waals surface area (Å²) in [5.74, 6) is 0. The maximum atomic E-state index is 4.73. The zero-order valence-corrected chi connectivity index (χ0v) is 28.8. The molecule has 0 aliphatic heterocycles. The fourth-order valence-electron chi connectivity index (χ4n) is 2.69. The standard InChI is InChI=1S/C18H20N4.6CH3.2HI.2Pt/c1-2-10-18(22-14-16-8-4-6-12-20-16)17(9-1)21-13-15-7-3-5-11-19-15;;;;;;;;;;/h3-8,11-14,17-18H,1-2,9-10H2;6*1H3;2*1H;;/q;6*-1;;;2*+1/p-2. The van der Waals surface area contributed by atoms with E-state index in [1.54, 1.807) is 12.4 Å². The second kappa shape index (κ2) is 31.5. The number of hydrogen-bond donors (Lipinski definition) is 0. The molecular formula is C24H38I2N4Pt2-6. The molecule has 2 atom stereocenters. The van der Waals surface area contributed by atoms with Crippen molar-refractivity contribution in [3.8, 4) is 0 Å². The van der Waals surface area contributed by atoms with Crippen LogP contribution >= 0.6 is 38.7 Å². The van der Waals surface area contributed by atoms with Gasteiger partial charge in [0.2, 0.25) is 0 Å². The summed E-state index contributed by atoms with van der Waals surface area (Å²) in [4.78, 5) is 18.0. The van der Waals surface area contributed by atoms with Crippen LogP contribution in [0.5, 0.6) is 0 Å². The monoisotopic (exact) mass is 1030 g/mol. The minimum atomic E-state index is 0. The summed E-state index contributed by atoms with van der Waals surface area (Å²) in [6.45, 7) is 0. The number of aliphatic imine (C=N–C) groups is 2. The van der Waals surface area contributed by atoms with Crippen LogP contribution in [-0.2, 0) is 32.3 Å². The molecule has 194 valence electrons. The van der Waals surface area contributed by atoms with Gasteiger partial charge in [-0.2, -0.15) is 0 Å². The Hall–Kier alpha value is 0.477. The average molecular weight is 1030 g/mol. The number of rotatable bonds is 4. The Bertz CT molecular complexity index is 587. The average Bonchev–Trinajstić information content (AvgIpc) is 2.76. The van der Waals surface area contributed by atoms with Crippen molar-refractivity contribution in [2.45, 2.75) is 37.8 Å². The molecular weight excluding hydrogens is 988 g/mol. The summed E-state index contributed by atoms with van der Waals surface area (Å²) in [6, 6.07) is 12.2. The summed E-state index contributed by atoms with van der Waals surface area (Å²) in [5, 5.41) is 0. The quantitative estimate of drug-likeness (QED) is 0.179. The van der Waals surface area contributed by atoms with E-state index in [1.807, 2.05) is 48.8 Å². The second-order valence-electron chi connectivity index (χ2n) is 5.48. The molecule has 1 fully saturated rings. The zero-order valence-electron chi connectivity index (χ0n) is 19.9. The summed E-state index contributed by atoms with van der Waals surface area (Å²) in [7, 11) is 0. The van der Waals surface area contributed by atoms with Crippen LogP contribution in [0.4, 0.5) is 0 Å². The van der Waals surface area contributed by atoms with Crippen molar-refractivity contribution in [3.05, 3.63) is 105 Å². The van der Waals surface area contributed by atoms with Gasteiger partial charge >= 0.3 is 71.0 Å². The van der Waals surface area contributed by atoms with E-state index in [9.17, 15) is 0 Å². The maximum absolute atomic E-state index is 4.73. The number of halogens is 2. The van der Waals surface area contributed by atoms with E-state index in [1.165, 1.54) is 12.8 Å². The van der Waals surface area contributed by atoms with Crippen LogP contribution in [0.3, 0.4) is 0 Å². The Kier molecular flexibility index (Phi) is 45.2. The van der Waals surface area contributed by atoms with Crippen molar-refractivity contribution in [2.24, 2.45) is 9.98 Å². The van der Waals surface area contributed by atoms with Crippen molar-refractivity contribution < 1.29 is 32.3 Å². The molecule has 2 unspecified atom stereocenters. The summed E-state index contributed by atoms with van der Waals surface area (Å²) in [6.07, 6.45) is 12.0. The van der Waals surface area contributed by atoms with E-state index in [2.05, 4.69) is 80.9 Å². The molecule has 0 radical (unpaired) electrons. The van der Waals surface area contributed by atoms with Crippen molar-refractivity contribution in [1.82, 2.24) is 9.97 Å². The van der Waals surface area contributed by atoms with Crippen LogP contribution in [0, 0.1) is 44.6 Å². The van der Waals surface area contributed by atoms with Gasteiger partial charge < -0.3 is 44.6 Å². The van der Waals surface area contributed by atoms with E-state index in [0.717, 1.165) is 24.2 Å². The number of aromatic nitrogens is 2. The first-order chi connectivity index (χ1) is 12.9. The van der Waals surface area contributed by atoms with Crippen LogP contribution in [0.2, 0.25) is 0 Å². The topological polar surface area (TPSA) is 50.5 Å². The van der Waals surface area contributed by atoms with Gasteiger partial charge in [-0.15, -0.1) is 0 Å². The third-order valence-electron chi connectivity index (χ3n) is 3.87. The molecule has 0 amide bonds. The number of pyridine rings is 2. The van der Waals surface area contributed by atoms with Gasteiger partial charge in [0.05, 0.1) is 23.5 Å². The number of hydrogen-bond acceptors (Lipinski definition) is 4. The first-order valence-corrected chi connectivity index (χ1v) is 20.9. The molecule has 3 rings (SSSR count). The summed E-state index contributed by atoms with van der Waals surface area (Å²) < 4.78 is 0. The van der Waals surface area contributed by atoms with Crippen molar-refractivity contribution in [2.75, 3.05) is 0 Å². The molecule has 1 saturated carbocycles. The molecule has 32 heavy (non-hydrogen) atoms. The third-order valence-corrected chi connectivity index (χ3v) is 3.87. The van der Waals surface area contributed by atoms with Crippen LogP contribution in [0.1, 0.15) is 37.1 Å². The van der Waals surface area contributed by atoms with Crippen molar-refractivity contribution in [3.63, 3.8) is 0 Å². The normalized spacial score (nSPS) is 15.8. The van der Waals surface area contributed by atoms with Crippen LogP contribution < -0.4 is 0 Å². The zero-order chi connectivity index (χ0) is 19.0. The summed E-state index contributed by atoms with van der Waals surface area (Å²) >= 11 is 8.46. The van der Waals surface area contributed by atoms with Crippen LogP contribution in [0.15, 0.2) is 58.8 Å². The Morgan fingerprint density at radius 1 is 0.656 bits per heavy atom. The molecule has 2 aromatic heterocycles. The van der Waals surface area contributed by atoms with E-state index >= 15 is 0 Å². The molecule has 0 saturated heterocycles. The van der Waals surface area contributed by atoms with E-state index < -0.39 is 0 Å².